The van der Waals surface area contributed by atoms with E-state index in [0.717, 1.165) is 0 Å². The fourth-order valence-electron chi connectivity index (χ4n) is 1.50. The number of ether oxygens (including phenoxy) is 1. The van der Waals surface area contributed by atoms with Crippen molar-refractivity contribution in [1.82, 2.24) is 10.6 Å². The lowest BCUT2D eigenvalue weighted by atomic mass is 10.0. The highest BCUT2D eigenvalue weighted by Gasteiger charge is 2.24. The van der Waals surface area contributed by atoms with Crippen molar-refractivity contribution in [3.05, 3.63) is 0 Å². The summed E-state index contributed by atoms with van der Waals surface area (Å²) in [6.45, 7) is 11.7. The van der Waals surface area contributed by atoms with Crippen molar-refractivity contribution in [1.29, 1.82) is 0 Å². The number of hydrogen-bond acceptors (Lipinski definition) is 4. The molecule has 0 aromatic heterocycles. The van der Waals surface area contributed by atoms with Crippen LogP contribution in [-0.4, -0.2) is 40.9 Å². The molecule has 1 atom stereocenters. The molecule has 1 unspecified atom stereocenters. The van der Waals surface area contributed by atoms with E-state index >= 15 is 0 Å². The highest BCUT2D eigenvalue weighted by atomic mass is 16.6. The summed E-state index contributed by atoms with van der Waals surface area (Å²) in [6, 6.07) is 0.0748. The second-order valence-corrected chi connectivity index (χ2v) is 6.73. The van der Waals surface area contributed by atoms with Gasteiger partial charge in [-0.25, -0.2) is 4.79 Å². The molecule has 118 valence electrons. The van der Waals surface area contributed by atoms with E-state index in [2.05, 4.69) is 10.6 Å². The molecule has 0 aliphatic heterocycles. The Morgan fingerprint density at radius 1 is 1.20 bits per heavy atom. The van der Waals surface area contributed by atoms with Gasteiger partial charge in [-0.1, -0.05) is 0 Å². The number of nitrogens with one attached hydrogen (secondary N) is 2. The van der Waals surface area contributed by atoms with Crippen molar-refractivity contribution in [2.45, 2.75) is 71.6 Å². The normalized spacial score (nSPS) is 13.7. The first-order valence-electron chi connectivity index (χ1n) is 6.88. The molecule has 0 aliphatic rings. The van der Waals surface area contributed by atoms with Crippen LogP contribution in [0.5, 0.6) is 0 Å². The summed E-state index contributed by atoms with van der Waals surface area (Å²) in [5, 5.41) is 14.6. The minimum absolute atomic E-state index is 0.0748. The van der Waals surface area contributed by atoms with E-state index < -0.39 is 23.2 Å². The monoisotopic (exact) mass is 288 g/mol. The predicted octanol–water partition coefficient (Wildman–Crippen LogP) is 2.13. The molecule has 0 heterocycles. The molecule has 0 saturated carbocycles. The zero-order chi connectivity index (χ0) is 16.0. The van der Waals surface area contributed by atoms with E-state index in [1.54, 1.807) is 0 Å². The third kappa shape index (κ3) is 10.6. The van der Waals surface area contributed by atoms with E-state index in [1.165, 1.54) is 0 Å². The molecule has 0 aromatic carbocycles. The van der Waals surface area contributed by atoms with Gasteiger partial charge >= 0.3 is 12.1 Å². The van der Waals surface area contributed by atoms with E-state index in [0.29, 0.717) is 13.0 Å². The molecule has 0 aromatic rings. The van der Waals surface area contributed by atoms with E-state index in [9.17, 15) is 9.59 Å². The highest BCUT2D eigenvalue weighted by Crippen LogP contribution is 2.09. The molecule has 20 heavy (non-hydrogen) atoms. The molecule has 0 bridgehead atoms. The van der Waals surface area contributed by atoms with E-state index in [1.807, 2.05) is 41.5 Å². The first kappa shape index (κ1) is 18.7. The van der Waals surface area contributed by atoms with Crippen molar-refractivity contribution < 1.29 is 19.4 Å². The van der Waals surface area contributed by atoms with Crippen molar-refractivity contribution >= 4 is 12.1 Å². The fraction of sp³-hybridized carbons (Fsp3) is 0.857. The molecule has 0 spiro atoms. The number of carboxylic acid groups (broad SMARTS) is 1. The maximum absolute atomic E-state index is 11.7. The van der Waals surface area contributed by atoms with Crippen molar-refractivity contribution in [2.75, 3.05) is 6.54 Å². The maximum Gasteiger partial charge on any atom is 0.408 e. The Hall–Kier alpha value is -1.30. The van der Waals surface area contributed by atoms with Crippen LogP contribution in [0.25, 0.3) is 0 Å². The van der Waals surface area contributed by atoms with Crippen LogP contribution in [-0.2, 0) is 9.53 Å². The molecular formula is C14H28N2O4. The summed E-state index contributed by atoms with van der Waals surface area (Å²) in [5.41, 5.74) is -0.998. The van der Waals surface area contributed by atoms with Crippen LogP contribution in [0.3, 0.4) is 0 Å². The van der Waals surface area contributed by atoms with Gasteiger partial charge in [0.2, 0.25) is 0 Å². The lowest BCUT2D eigenvalue weighted by molar-refractivity contribution is -0.137. The number of hydrogen-bond donors (Lipinski definition) is 3. The maximum atomic E-state index is 11.7. The largest absolute Gasteiger partial charge is 0.481 e. The number of aliphatic carboxylic acids is 1. The Labute approximate surface area is 121 Å². The smallest absolute Gasteiger partial charge is 0.408 e. The quantitative estimate of drug-likeness (QED) is 0.668. The first-order valence-corrected chi connectivity index (χ1v) is 6.88. The van der Waals surface area contributed by atoms with E-state index in [4.69, 9.17) is 9.84 Å². The van der Waals surface area contributed by atoms with Crippen LogP contribution in [0.4, 0.5) is 4.79 Å². The molecule has 0 radical (unpaired) electrons. The number of carbonyl (C=O) groups is 2. The van der Waals surface area contributed by atoms with Crippen LogP contribution in [0.1, 0.15) is 54.4 Å². The van der Waals surface area contributed by atoms with Gasteiger partial charge in [0.05, 0.1) is 5.54 Å². The molecule has 0 rings (SSSR count). The molecule has 0 saturated heterocycles. The van der Waals surface area contributed by atoms with Crippen molar-refractivity contribution in [2.24, 2.45) is 0 Å². The number of amides is 1. The number of rotatable bonds is 7. The van der Waals surface area contributed by atoms with Crippen LogP contribution in [0.2, 0.25) is 0 Å². The standard InChI is InChI=1S/C14H28N2O4/c1-10(7-8-11(17)18)15-9-14(5,6)16-12(19)20-13(2,3)4/h10,15H,7-9H2,1-6H3,(H,16,19)(H,17,18). The van der Waals surface area contributed by atoms with Gasteiger partial charge in [-0.15, -0.1) is 0 Å². The Balaban J connectivity index is 4.12. The molecule has 6 nitrogen and oxygen atoms in total. The summed E-state index contributed by atoms with van der Waals surface area (Å²) in [5.74, 6) is -0.801. The van der Waals surface area contributed by atoms with Gasteiger partial charge in [0.15, 0.2) is 0 Å². The summed E-state index contributed by atoms with van der Waals surface area (Å²) in [4.78, 5) is 22.2. The van der Waals surface area contributed by atoms with E-state index in [-0.39, 0.29) is 12.5 Å². The lowest BCUT2D eigenvalue weighted by Gasteiger charge is -2.30. The predicted molar refractivity (Wildman–Crippen MR) is 77.8 cm³/mol. The highest BCUT2D eigenvalue weighted by molar-refractivity contribution is 5.68. The van der Waals surface area contributed by atoms with Crippen molar-refractivity contribution in [3.63, 3.8) is 0 Å². The summed E-state index contributed by atoms with van der Waals surface area (Å²) < 4.78 is 5.20. The zero-order valence-corrected chi connectivity index (χ0v) is 13.4. The molecule has 0 fully saturated rings. The molecular weight excluding hydrogens is 260 g/mol. The third-order valence-electron chi connectivity index (χ3n) is 2.52. The molecule has 1 amide bonds. The van der Waals surface area contributed by atoms with Gasteiger partial charge in [-0.3, -0.25) is 4.79 Å². The molecule has 6 heteroatoms. The first-order chi connectivity index (χ1) is 8.91. The fourth-order valence-corrected chi connectivity index (χ4v) is 1.50. The van der Waals surface area contributed by atoms with Crippen LogP contribution in [0, 0.1) is 0 Å². The van der Waals surface area contributed by atoms with Gasteiger partial charge in [0.1, 0.15) is 5.60 Å². The molecule has 3 N–H and O–H groups in total. The van der Waals surface area contributed by atoms with Gasteiger partial charge in [-0.2, -0.15) is 0 Å². The minimum Gasteiger partial charge on any atom is -0.481 e. The summed E-state index contributed by atoms with van der Waals surface area (Å²) >= 11 is 0. The summed E-state index contributed by atoms with van der Waals surface area (Å²) in [6.07, 6.45) is 0.230. The van der Waals surface area contributed by atoms with Crippen LogP contribution in [0.15, 0.2) is 0 Å². The zero-order valence-electron chi connectivity index (χ0n) is 13.4. The second kappa shape index (κ2) is 7.47. The Morgan fingerprint density at radius 2 is 1.75 bits per heavy atom. The van der Waals surface area contributed by atoms with Gasteiger partial charge < -0.3 is 20.5 Å². The average molecular weight is 288 g/mol. The number of alkyl carbamates (subject to hydrolysis) is 1. The average Bonchev–Trinajstić information content (AvgIpc) is 2.19. The topological polar surface area (TPSA) is 87.7 Å². The van der Waals surface area contributed by atoms with Crippen molar-refractivity contribution in [3.8, 4) is 0 Å². The lowest BCUT2D eigenvalue weighted by Crippen LogP contribution is -2.52. The molecule has 0 aliphatic carbocycles. The van der Waals surface area contributed by atoms with Crippen LogP contribution >= 0.6 is 0 Å². The Kier molecular flexibility index (Phi) is 6.99. The number of carbonyl (C=O) groups excluding carboxylic acids is 1. The van der Waals surface area contributed by atoms with Gasteiger partial charge in [0.25, 0.3) is 0 Å². The Bertz CT molecular complexity index is 335. The van der Waals surface area contributed by atoms with Gasteiger partial charge in [-0.05, 0) is 48.0 Å². The minimum atomic E-state index is -0.801. The van der Waals surface area contributed by atoms with Crippen LogP contribution < -0.4 is 10.6 Å². The SMILES string of the molecule is CC(CCC(=O)O)NCC(C)(C)NC(=O)OC(C)(C)C. The second-order valence-electron chi connectivity index (χ2n) is 6.73. The Morgan fingerprint density at radius 3 is 2.20 bits per heavy atom. The van der Waals surface area contributed by atoms with Gasteiger partial charge in [0, 0.05) is 19.0 Å². The third-order valence-corrected chi connectivity index (χ3v) is 2.52. The number of carboxylic acids is 1. The summed E-state index contributed by atoms with van der Waals surface area (Å²) in [7, 11) is 0.